The Labute approximate surface area is 142 Å². The predicted molar refractivity (Wildman–Crippen MR) is 90.2 cm³/mol. The van der Waals surface area contributed by atoms with Gasteiger partial charge in [-0.05, 0) is 30.9 Å². The third-order valence-corrected chi connectivity index (χ3v) is 5.00. The second-order valence-corrected chi connectivity index (χ2v) is 6.59. The summed E-state index contributed by atoms with van der Waals surface area (Å²) in [7, 11) is 0. The monoisotopic (exact) mass is 331 g/mol. The molecule has 0 aromatic heterocycles. The standard InChI is InChI=1S/C19H25NO4/c1-2-13-7-3-5-9-16(13)24-12-18(21)20-15-11-23-17-10-6-4-8-14(17)19(15)22/h4,6,8,10,13,15-16H,2-3,5,7,9,11-12H2,1H3,(H,20,21). The van der Waals surface area contributed by atoms with Gasteiger partial charge in [-0.1, -0.05) is 38.3 Å². The highest BCUT2D eigenvalue weighted by atomic mass is 16.5. The summed E-state index contributed by atoms with van der Waals surface area (Å²) in [5, 5.41) is 2.74. The maximum absolute atomic E-state index is 12.4. The van der Waals surface area contributed by atoms with Crippen LogP contribution in [0.2, 0.25) is 0 Å². The summed E-state index contributed by atoms with van der Waals surface area (Å²) in [4.78, 5) is 24.6. The van der Waals surface area contributed by atoms with Gasteiger partial charge in [-0.15, -0.1) is 0 Å². The van der Waals surface area contributed by atoms with Crippen LogP contribution >= 0.6 is 0 Å². The van der Waals surface area contributed by atoms with Crippen LogP contribution < -0.4 is 10.1 Å². The fourth-order valence-corrected chi connectivity index (χ4v) is 3.62. The number of ether oxygens (including phenoxy) is 2. The molecule has 1 aromatic carbocycles. The summed E-state index contributed by atoms with van der Waals surface area (Å²) in [5.74, 6) is 0.765. The Morgan fingerprint density at radius 2 is 2.08 bits per heavy atom. The van der Waals surface area contributed by atoms with E-state index in [0.29, 0.717) is 17.2 Å². The maximum atomic E-state index is 12.4. The lowest BCUT2D eigenvalue weighted by Gasteiger charge is -2.31. The first-order valence-corrected chi connectivity index (χ1v) is 8.86. The highest BCUT2D eigenvalue weighted by Gasteiger charge is 2.30. The Hall–Kier alpha value is -1.88. The van der Waals surface area contributed by atoms with Crippen molar-refractivity contribution in [3.63, 3.8) is 0 Å². The number of para-hydroxylation sites is 1. The summed E-state index contributed by atoms with van der Waals surface area (Å²) in [6, 6.07) is 6.47. The molecule has 5 nitrogen and oxygen atoms in total. The number of carbonyl (C=O) groups is 2. The van der Waals surface area contributed by atoms with E-state index in [4.69, 9.17) is 9.47 Å². The predicted octanol–water partition coefficient (Wildman–Crippen LogP) is 2.73. The quantitative estimate of drug-likeness (QED) is 0.901. The topological polar surface area (TPSA) is 64.6 Å². The molecular weight excluding hydrogens is 306 g/mol. The maximum Gasteiger partial charge on any atom is 0.246 e. The molecule has 1 saturated carbocycles. The van der Waals surface area contributed by atoms with Gasteiger partial charge in [-0.2, -0.15) is 0 Å². The van der Waals surface area contributed by atoms with Crippen LogP contribution in [0.15, 0.2) is 24.3 Å². The molecule has 1 amide bonds. The summed E-state index contributed by atoms with van der Waals surface area (Å²) in [6.07, 6.45) is 5.84. The molecule has 130 valence electrons. The third-order valence-electron chi connectivity index (χ3n) is 5.00. The number of ketones is 1. The van der Waals surface area contributed by atoms with Crippen LogP contribution in [0, 0.1) is 5.92 Å². The summed E-state index contributed by atoms with van der Waals surface area (Å²) < 4.78 is 11.4. The minimum atomic E-state index is -0.635. The zero-order valence-electron chi connectivity index (χ0n) is 14.1. The van der Waals surface area contributed by atoms with Crippen molar-refractivity contribution >= 4 is 11.7 Å². The number of Topliss-reactive ketones (excluding diaryl/α,β-unsaturated/α-hetero) is 1. The van der Waals surface area contributed by atoms with Gasteiger partial charge in [0, 0.05) is 0 Å². The highest BCUT2D eigenvalue weighted by molar-refractivity contribution is 6.05. The van der Waals surface area contributed by atoms with E-state index < -0.39 is 6.04 Å². The lowest BCUT2D eigenvalue weighted by Crippen LogP contribution is -2.48. The van der Waals surface area contributed by atoms with Crippen LogP contribution in [0.5, 0.6) is 5.75 Å². The third kappa shape index (κ3) is 3.78. The normalized spacial score (nSPS) is 26.4. The zero-order valence-corrected chi connectivity index (χ0v) is 14.1. The average molecular weight is 331 g/mol. The fraction of sp³-hybridized carbons (Fsp3) is 0.579. The average Bonchev–Trinajstić information content (AvgIpc) is 2.63. The van der Waals surface area contributed by atoms with Crippen molar-refractivity contribution in [3.8, 4) is 5.75 Å². The lowest BCUT2D eigenvalue weighted by atomic mass is 9.85. The highest BCUT2D eigenvalue weighted by Crippen LogP contribution is 2.29. The molecule has 0 bridgehead atoms. The van der Waals surface area contributed by atoms with Crippen molar-refractivity contribution in [3.05, 3.63) is 29.8 Å². The second-order valence-electron chi connectivity index (χ2n) is 6.59. The Morgan fingerprint density at radius 3 is 2.92 bits per heavy atom. The Morgan fingerprint density at radius 1 is 1.29 bits per heavy atom. The molecular formula is C19H25NO4. The molecule has 3 rings (SSSR count). The summed E-state index contributed by atoms with van der Waals surface area (Å²) in [5.41, 5.74) is 0.522. The fourth-order valence-electron chi connectivity index (χ4n) is 3.62. The largest absolute Gasteiger partial charge is 0.490 e. The Balaban J connectivity index is 1.51. The molecule has 1 fully saturated rings. The van der Waals surface area contributed by atoms with Gasteiger partial charge in [0.15, 0.2) is 5.78 Å². The number of hydrogen-bond donors (Lipinski definition) is 1. The molecule has 3 atom stereocenters. The minimum Gasteiger partial charge on any atom is -0.490 e. The van der Waals surface area contributed by atoms with Crippen LogP contribution in [0.4, 0.5) is 0 Å². The number of rotatable bonds is 5. The number of benzene rings is 1. The molecule has 1 N–H and O–H groups in total. The van der Waals surface area contributed by atoms with Gasteiger partial charge in [-0.25, -0.2) is 0 Å². The van der Waals surface area contributed by atoms with Crippen molar-refractivity contribution in [2.75, 3.05) is 13.2 Å². The summed E-state index contributed by atoms with van der Waals surface area (Å²) in [6.45, 7) is 2.34. The van der Waals surface area contributed by atoms with E-state index in [1.807, 2.05) is 6.07 Å². The first-order valence-electron chi connectivity index (χ1n) is 8.86. The first kappa shape index (κ1) is 17.0. The molecule has 5 heteroatoms. The van der Waals surface area contributed by atoms with E-state index in [0.717, 1.165) is 19.3 Å². The van der Waals surface area contributed by atoms with E-state index in [-0.39, 0.29) is 31.0 Å². The number of fused-ring (bicyclic) bond motifs is 1. The molecule has 1 aromatic rings. The molecule has 3 unspecified atom stereocenters. The van der Waals surface area contributed by atoms with E-state index in [2.05, 4.69) is 12.2 Å². The van der Waals surface area contributed by atoms with Crippen molar-refractivity contribution in [2.24, 2.45) is 5.92 Å². The molecule has 0 saturated heterocycles. The number of nitrogens with one attached hydrogen (secondary N) is 1. The molecule has 0 radical (unpaired) electrons. The van der Waals surface area contributed by atoms with E-state index in [1.54, 1.807) is 18.2 Å². The number of hydrogen-bond acceptors (Lipinski definition) is 4. The van der Waals surface area contributed by atoms with Gasteiger partial charge >= 0.3 is 0 Å². The van der Waals surface area contributed by atoms with Gasteiger partial charge in [-0.3, -0.25) is 9.59 Å². The van der Waals surface area contributed by atoms with Crippen LogP contribution in [0.1, 0.15) is 49.4 Å². The smallest absolute Gasteiger partial charge is 0.246 e. The van der Waals surface area contributed by atoms with Gasteiger partial charge in [0.1, 0.15) is 25.0 Å². The minimum absolute atomic E-state index is 0.00654. The van der Waals surface area contributed by atoms with Crippen LogP contribution in [-0.4, -0.2) is 37.0 Å². The van der Waals surface area contributed by atoms with Crippen molar-refractivity contribution in [1.29, 1.82) is 0 Å². The van der Waals surface area contributed by atoms with Crippen molar-refractivity contribution < 1.29 is 19.1 Å². The van der Waals surface area contributed by atoms with Crippen molar-refractivity contribution in [2.45, 2.75) is 51.2 Å². The second kappa shape index (κ2) is 7.79. The van der Waals surface area contributed by atoms with Crippen molar-refractivity contribution in [1.82, 2.24) is 5.32 Å². The number of amides is 1. The van der Waals surface area contributed by atoms with E-state index >= 15 is 0 Å². The molecule has 24 heavy (non-hydrogen) atoms. The van der Waals surface area contributed by atoms with E-state index in [1.165, 1.54) is 12.8 Å². The first-order chi connectivity index (χ1) is 11.7. The molecule has 1 aliphatic carbocycles. The Bertz CT molecular complexity index is 601. The van der Waals surface area contributed by atoms with Gasteiger partial charge in [0.2, 0.25) is 5.91 Å². The molecule has 1 heterocycles. The Kier molecular flexibility index (Phi) is 5.51. The zero-order chi connectivity index (χ0) is 16.9. The molecule has 1 aliphatic heterocycles. The molecule has 2 aliphatic rings. The van der Waals surface area contributed by atoms with Gasteiger partial charge in [0.05, 0.1) is 11.7 Å². The van der Waals surface area contributed by atoms with Gasteiger partial charge < -0.3 is 14.8 Å². The van der Waals surface area contributed by atoms with Crippen LogP contribution in [0.3, 0.4) is 0 Å². The van der Waals surface area contributed by atoms with Gasteiger partial charge in [0.25, 0.3) is 0 Å². The van der Waals surface area contributed by atoms with Crippen LogP contribution in [0.25, 0.3) is 0 Å². The van der Waals surface area contributed by atoms with E-state index in [9.17, 15) is 9.59 Å². The van der Waals surface area contributed by atoms with Crippen LogP contribution in [-0.2, 0) is 9.53 Å². The number of carbonyl (C=O) groups excluding carboxylic acids is 2. The SMILES string of the molecule is CCC1CCCCC1OCC(=O)NC1COc2ccccc2C1=O. The summed E-state index contributed by atoms with van der Waals surface area (Å²) >= 11 is 0. The lowest BCUT2D eigenvalue weighted by molar-refractivity contribution is -0.130. The molecule has 0 spiro atoms.